The second kappa shape index (κ2) is 12.5. The van der Waals surface area contributed by atoms with Gasteiger partial charge in [0, 0.05) is 25.1 Å². The topological polar surface area (TPSA) is 98.1 Å². The fourth-order valence-electron chi connectivity index (χ4n) is 2.97. The lowest BCUT2D eigenvalue weighted by molar-refractivity contribution is -0.113. The molecule has 2 N–H and O–H groups in total. The van der Waals surface area contributed by atoms with Crippen LogP contribution in [0.1, 0.15) is 16.2 Å². The molecule has 0 atom stereocenters. The molecule has 11 heteroatoms. The minimum atomic E-state index is -0.254. The molecule has 3 rings (SSSR count). The Morgan fingerprint density at radius 2 is 1.94 bits per heavy atom. The van der Waals surface area contributed by atoms with Crippen molar-refractivity contribution < 1.29 is 14.3 Å². The van der Waals surface area contributed by atoms with Crippen molar-refractivity contribution in [2.45, 2.75) is 18.1 Å². The number of methoxy groups -OCH3 is 1. The van der Waals surface area contributed by atoms with Gasteiger partial charge in [0.2, 0.25) is 5.91 Å². The maximum atomic E-state index is 12.4. The Balaban J connectivity index is 1.55. The Hall–Kier alpha value is -3.01. The largest absolute Gasteiger partial charge is 0.497 e. The average molecular weight is 520 g/mol. The molecule has 0 bridgehead atoms. The van der Waals surface area contributed by atoms with Crippen LogP contribution in [-0.4, -0.2) is 46.0 Å². The van der Waals surface area contributed by atoms with Crippen molar-refractivity contribution >= 4 is 52.5 Å². The summed E-state index contributed by atoms with van der Waals surface area (Å²) in [6, 6.07) is 11.9. The van der Waals surface area contributed by atoms with Crippen LogP contribution in [0.15, 0.2) is 60.3 Å². The number of rotatable bonds is 11. The number of hydrogen-bond acceptors (Lipinski definition) is 6. The molecule has 2 aromatic carbocycles. The first-order valence-electron chi connectivity index (χ1n) is 10.2. The number of ether oxygens (including phenoxy) is 1. The Bertz CT molecular complexity index is 1170. The molecule has 0 saturated carbocycles. The van der Waals surface area contributed by atoms with Gasteiger partial charge in [0.1, 0.15) is 11.6 Å². The van der Waals surface area contributed by atoms with Gasteiger partial charge in [-0.05, 0) is 36.4 Å². The smallest absolute Gasteiger partial charge is 0.251 e. The Labute approximate surface area is 211 Å². The Kier molecular flexibility index (Phi) is 9.38. The highest BCUT2D eigenvalue weighted by atomic mass is 35.5. The fourth-order valence-corrected chi connectivity index (χ4v) is 4.09. The number of amides is 2. The third-order valence-electron chi connectivity index (χ3n) is 4.65. The van der Waals surface area contributed by atoms with Crippen LogP contribution >= 0.6 is 35.0 Å². The minimum absolute atomic E-state index is 0.103. The molecule has 0 saturated heterocycles. The molecule has 0 unspecified atom stereocenters. The number of benzene rings is 2. The number of allylic oxidation sites excluding steroid dienone is 1. The number of aromatic nitrogens is 3. The van der Waals surface area contributed by atoms with Crippen LogP contribution < -0.4 is 15.4 Å². The van der Waals surface area contributed by atoms with Crippen molar-refractivity contribution in [3.8, 4) is 5.75 Å². The fraction of sp³-hybridized carbons (Fsp3) is 0.217. The summed E-state index contributed by atoms with van der Waals surface area (Å²) in [6.45, 7) is 4.62. The highest BCUT2D eigenvalue weighted by Crippen LogP contribution is 2.29. The lowest BCUT2D eigenvalue weighted by atomic mass is 10.2. The number of carbonyl (C=O) groups excluding carboxylic acids is 2. The summed E-state index contributed by atoms with van der Waals surface area (Å²) in [5.41, 5.74) is 0.982. The number of nitrogens with zero attached hydrogens (tertiary/aromatic N) is 3. The molecule has 0 aliphatic heterocycles. The Morgan fingerprint density at radius 3 is 2.65 bits per heavy atom. The van der Waals surface area contributed by atoms with Gasteiger partial charge in [0.25, 0.3) is 5.91 Å². The van der Waals surface area contributed by atoms with Crippen LogP contribution in [0.25, 0.3) is 0 Å². The molecular formula is C23H23Cl2N5O3S. The van der Waals surface area contributed by atoms with Gasteiger partial charge in [-0.25, -0.2) is 0 Å². The van der Waals surface area contributed by atoms with Gasteiger partial charge in [-0.3, -0.25) is 9.59 Å². The zero-order chi connectivity index (χ0) is 24.5. The first kappa shape index (κ1) is 25.6. The molecule has 0 aliphatic carbocycles. The zero-order valence-corrected chi connectivity index (χ0v) is 20.7. The van der Waals surface area contributed by atoms with Crippen molar-refractivity contribution in [1.29, 1.82) is 0 Å². The standard InChI is InChI=1S/C23H23Cl2N5O3S/c1-3-13-30-19(11-12-26-22(32)15-7-9-16(33-2)10-8-15)28-29-23(30)34-14-20(31)27-18-6-4-5-17(24)21(18)25/h3-10H,1,11-14H2,2H3,(H,26,32)(H,27,31). The third kappa shape index (κ3) is 6.75. The van der Waals surface area contributed by atoms with Gasteiger partial charge < -0.3 is 19.9 Å². The lowest BCUT2D eigenvalue weighted by Crippen LogP contribution is -2.26. The van der Waals surface area contributed by atoms with Gasteiger partial charge in [0.05, 0.1) is 28.6 Å². The van der Waals surface area contributed by atoms with Crippen molar-refractivity contribution in [1.82, 2.24) is 20.1 Å². The molecule has 0 fully saturated rings. The number of anilines is 1. The number of nitrogens with one attached hydrogen (secondary N) is 2. The van der Waals surface area contributed by atoms with E-state index >= 15 is 0 Å². The van der Waals surface area contributed by atoms with Crippen molar-refractivity contribution in [2.24, 2.45) is 0 Å². The van der Waals surface area contributed by atoms with Crippen molar-refractivity contribution in [3.63, 3.8) is 0 Å². The molecule has 0 spiro atoms. The molecule has 0 radical (unpaired) electrons. The second-order valence-corrected chi connectivity index (χ2v) is 8.70. The summed E-state index contributed by atoms with van der Waals surface area (Å²) < 4.78 is 6.96. The normalized spacial score (nSPS) is 10.6. The maximum Gasteiger partial charge on any atom is 0.251 e. The highest BCUT2D eigenvalue weighted by Gasteiger charge is 2.15. The van der Waals surface area contributed by atoms with Crippen LogP contribution in [-0.2, 0) is 17.8 Å². The number of thioether (sulfide) groups is 1. The molecule has 1 aromatic heterocycles. The first-order valence-corrected chi connectivity index (χ1v) is 12.0. The number of hydrogen-bond donors (Lipinski definition) is 2. The lowest BCUT2D eigenvalue weighted by Gasteiger charge is -2.10. The predicted octanol–water partition coefficient (Wildman–Crippen LogP) is 4.48. The summed E-state index contributed by atoms with van der Waals surface area (Å²) in [5.74, 6) is 1.02. The van der Waals surface area contributed by atoms with E-state index in [1.807, 2.05) is 4.57 Å². The van der Waals surface area contributed by atoms with Crippen LogP contribution in [0, 0.1) is 0 Å². The van der Waals surface area contributed by atoms with Crippen LogP contribution in [0.4, 0.5) is 5.69 Å². The van der Waals surface area contributed by atoms with Crippen LogP contribution in [0.2, 0.25) is 10.0 Å². The van der Waals surface area contributed by atoms with E-state index in [0.717, 1.165) is 0 Å². The van der Waals surface area contributed by atoms with Gasteiger partial charge in [0.15, 0.2) is 5.16 Å². The van der Waals surface area contributed by atoms with Crippen LogP contribution in [0.3, 0.4) is 0 Å². The summed E-state index contributed by atoms with van der Waals surface area (Å²) in [7, 11) is 1.57. The van der Waals surface area contributed by atoms with E-state index in [0.29, 0.717) is 52.5 Å². The summed E-state index contributed by atoms with van der Waals surface area (Å²) in [6.07, 6.45) is 2.19. The Morgan fingerprint density at radius 1 is 1.18 bits per heavy atom. The second-order valence-electron chi connectivity index (χ2n) is 6.97. The molecular weight excluding hydrogens is 497 g/mol. The van der Waals surface area contributed by atoms with Gasteiger partial charge in [-0.15, -0.1) is 16.8 Å². The molecule has 2 amide bonds. The quantitative estimate of drug-likeness (QED) is 0.286. The average Bonchev–Trinajstić information content (AvgIpc) is 3.22. The van der Waals surface area contributed by atoms with E-state index in [4.69, 9.17) is 27.9 Å². The van der Waals surface area contributed by atoms with E-state index < -0.39 is 0 Å². The molecule has 178 valence electrons. The number of carbonyl (C=O) groups is 2. The van der Waals surface area contributed by atoms with Gasteiger partial charge in [-0.2, -0.15) is 0 Å². The van der Waals surface area contributed by atoms with E-state index in [1.54, 1.807) is 55.7 Å². The molecule has 0 aliphatic rings. The maximum absolute atomic E-state index is 12.4. The minimum Gasteiger partial charge on any atom is -0.497 e. The van der Waals surface area contributed by atoms with Crippen molar-refractivity contribution in [2.75, 3.05) is 24.7 Å². The molecule has 3 aromatic rings. The van der Waals surface area contributed by atoms with Gasteiger partial charge in [-0.1, -0.05) is 47.1 Å². The SMILES string of the molecule is C=CCn1c(CCNC(=O)c2ccc(OC)cc2)nnc1SCC(=O)Nc1cccc(Cl)c1Cl. The zero-order valence-electron chi connectivity index (χ0n) is 18.4. The van der Waals surface area contributed by atoms with E-state index in [9.17, 15) is 9.59 Å². The molecule has 1 heterocycles. The van der Waals surface area contributed by atoms with E-state index in [1.165, 1.54) is 11.8 Å². The van der Waals surface area contributed by atoms with E-state index in [2.05, 4.69) is 27.4 Å². The monoisotopic (exact) mass is 519 g/mol. The first-order chi connectivity index (χ1) is 16.4. The van der Waals surface area contributed by atoms with E-state index in [-0.39, 0.29) is 22.6 Å². The van der Waals surface area contributed by atoms with Gasteiger partial charge >= 0.3 is 0 Å². The molecule has 8 nitrogen and oxygen atoms in total. The van der Waals surface area contributed by atoms with Crippen LogP contribution in [0.5, 0.6) is 5.75 Å². The third-order valence-corrected chi connectivity index (χ3v) is 6.44. The highest BCUT2D eigenvalue weighted by molar-refractivity contribution is 7.99. The summed E-state index contributed by atoms with van der Waals surface area (Å²) >= 11 is 13.3. The van der Waals surface area contributed by atoms with Crippen molar-refractivity contribution in [3.05, 3.63) is 76.6 Å². The molecule has 34 heavy (non-hydrogen) atoms. The predicted molar refractivity (Wildman–Crippen MR) is 135 cm³/mol. The summed E-state index contributed by atoms with van der Waals surface area (Å²) in [4.78, 5) is 24.7. The summed E-state index contributed by atoms with van der Waals surface area (Å²) in [5, 5.41) is 15.2. The number of halogens is 2.